The Labute approximate surface area is 136 Å². The van der Waals surface area contributed by atoms with Crippen LogP contribution < -0.4 is 5.32 Å². The van der Waals surface area contributed by atoms with Gasteiger partial charge in [0, 0.05) is 11.4 Å². The number of amides is 1. The number of carbonyl (C=O) groups excluding carboxylic acids is 2. The molecule has 0 fully saturated rings. The molecule has 23 heavy (non-hydrogen) atoms. The Bertz CT molecular complexity index is 760. The van der Waals surface area contributed by atoms with Crippen molar-refractivity contribution in [3.8, 4) is 0 Å². The maximum absolute atomic E-state index is 12.6. The second kappa shape index (κ2) is 6.69. The molecule has 0 atom stereocenters. The van der Waals surface area contributed by atoms with Crippen LogP contribution in [0.15, 0.2) is 18.2 Å². The fraction of sp³-hybridized carbons (Fsp3) is 0.333. The van der Waals surface area contributed by atoms with E-state index in [1.807, 2.05) is 32.0 Å². The van der Waals surface area contributed by atoms with Gasteiger partial charge in [0.1, 0.15) is 5.69 Å². The number of rotatable bonds is 4. The molecule has 0 saturated carbocycles. The lowest BCUT2D eigenvalue weighted by Gasteiger charge is -2.10. The third-order valence-corrected chi connectivity index (χ3v) is 3.79. The average Bonchev–Trinajstić information content (AvgIpc) is 2.78. The fourth-order valence-electron chi connectivity index (χ4n) is 2.55. The summed E-state index contributed by atoms with van der Waals surface area (Å²) in [4.78, 5) is 27.5. The molecule has 2 aromatic rings. The van der Waals surface area contributed by atoms with E-state index in [1.165, 1.54) is 0 Å². The van der Waals surface area contributed by atoms with Crippen molar-refractivity contribution in [3.05, 3.63) is 51.8 Å². The SMILES string of the molecule is CCOC(=O)c1[nH]c(C)c(C(=O)Nc2cc(C)ccc2C)c1C. The zero-order valence-electron chi connectivity index (χ0n) is 14.2. The molecule has 2 rings (SSSR count). The van der Waals surface area contributed by atoms with Gasteiger partial charge in [-0.05, 0) is 57.4 Å². The monoisotopic (exact) mass is 314 g/mol. The molecule has 5 nitrogen and oxygen atoms in total. The van der Waals surface area contributed by atoms with Crippen LogP contribution in [0.3, 0.4) is 0 Å². The number of hydrogen-bond donors (Lipinski definition) is 2. The molecule has 0 aliphatic heterocycles. The highest BCUT2D eigenvalue weighted by Gasteiger charge is 2.23. The lowest BCUT2D eigenvalue weighted by atomic mass is 10.1. The minimum atomic E-state index is -0.445. The summed E-state index contributed by atoms with van der Waals surface area (Å²) in [6.07, 6.45) is 0. The number of hydrogen-bond acceptors (Lipinski definition) is 3. The molecule has 0 aliphatic carbocycles. The van der Waals surface area contributed by atoms with Crippen molar-refractivity contribution in [1.29, 1.82) is 0 Å². The topological polar surface area (TPSA) is 71.2 Å². The minimum absolute atomic E-state index is 0.236. The van der Waals surface area contributed by atoms with Gasteiger partial charge >= 0.3 is 5.97 Å². The lowest BCUT2D eigenvalue weighted by Crippen LogP contribution is -2.15. The van der Waals surface area contributed by atoms with E-state index in [1.54, 1.807) is 20.8 Å². The van der Waals surface area contributed by atoms with Crippen molar-refractivity contribution < 1.29 is 14.3 Å². The predicted octanol–water partition coefficient (Wildman–Crippen LogP) is 3.68. The van der Waals surface area contributed by atoms with Gasteiger partial charge in [-0.3, -0.25) is 4.79 Å². The van der Waals surface area contributed by atoms with E-state index in [-0.39, 0.29) is 5.91 Å². The van der Waals surface area contributed by atoms with E-state index in [9.17, 15) is 9.59 Å². The van der Waals surface area contributed by atoms with Crippen molar-refractivity contribution in [3.63, 3.8) is 0 Å². The largest absolute Gasteiger partial charge is 0.461 e. The van der Waals surface area contributed by atoms with E-state index in [4.69, 9.17) is 4.74 Å². The van der Waals surface area contributed by atoms with Crippen molar-refractivity contribution in [1.82, 2.24) is 4.98 Å². The quantitative estimate of drug-likeness (QED) is 0.846. The molecule has 0 radical (unpaired) electrons. The third kappa shape index (κ3) is 3.44. The summed E-state index contributed by atoms with van der Waals surface area (Å²) in [5, 5.41) is 2.92. The number of ether oxygens (including phenoxy) is 1. The number of anilines is 1. The van der Waals surface area contributed by atoms with Gasteiger partial charge in [-0.15, -0.1) is 0 Å². The predicted molar refractivity (Wildman–Crippen MR) is 90.1 cm³/mol. The van der Waals surface area contributed by atoms with Gasteiger partial charge in [0.25, 0.3) is 5.91 Å². The molecule has 5 heteroatoms. The van der Waals surface area contributed by atoms with E-state index >= 15 is 0 Å². The van der Waals surface area contributed by atoms with Crippen LogP contribution in [0, 0.1) is 27.7 Å². The van der Waals surface area contributed by atoms with Crippen LogP contribution in [0.25, 0.3) is 0 Å². The first-order chi connectivity index (χ1) is 10.8. The van der Waals surface area contributed by atoms with E-state index in [2.05, 4.69) is 10.3 Å². The number of benzene rings is 1. The maximum atomic E-state index is 12.6. The van der Waals surface area contributed by atoms with Crippen molar-refractivity contribution in [2.24, 2.45) is 0 Å². The van der Waals surface area contributed by atoms with Crippen LogP contribution >= 0.6 is 0 Å². The van der Waals surface area contributed by atoms with E-state index < -0.39 is 5.97 Å². The fourth-order valence-corrected chi connectivity index (χ4v) is 2.55. The van der Waals surface area contributed by atoms with Gasteiger partial charge in [-0.1, -0.05) is 12.1 Å². The number of H-pyrrole nitrogens is 1. The van der Waals surface area contributed by atoms with Gasteiger partial charge in [0.05, 0.1) is 12.2 Å². The number of aromatic nitrogens is 1. The van der Waals surface area contributed by atoms with E-state index in [0.717, 1.165) is 16.8 Å². The van der Waals surface area contributed by atoms with Crippen LogP contribution in [0.2, 0.25) is 0 Å². The second-order valence-corrected chi connectivity index (χ2v) is 5.62. The Hall–Kier alpha value is -2.56. The summed E-state index contributed by atoms with van der Waals surface area (Å²) in [6, 6.07) is 5.89. The van der Waals surface area contributed by atoms with Gasteiger partial charge < -0.3 is 15.0 Å². The highest BCUT2D eigenvalue weighted by atomic mass is 16.5. The molecule has 1 aromatic carbocycles. The molecule has 1 amide bonds. The second-order valence-electron chi connectivity index (χ2n) is 5.62. The first-order valence-corrected chi connectivity index (χ1v) is 7.60. The molecule has 0 saturated heterocycles. The first-order valence-electron chi connectivity index (χ1n) is 7.60. The highest BCUT2D eigenvalue weighted by molar-refractivity contribution is 6.08. The molecule has 1 aromatic heterocycles. The molecule has 0 bridgehead atoms. The normalized spacial score (nSPS) is 10.5. The Balaban J connectivity index is 2.33. The smallest absolute Gasteiger partial charge is 0.355 e. The Morgan fingerprint density at radius 1 is 1.17 bits per heavy atom. The number of nitrogens with one attached hydrogen (secondary N) is 2. The van der Waals surface area contributed by atoms with Crippen molar-refractivity contribution in [2.75, 3.05) is 11.9 Å². The van der Waals surface area contributed by atoms with Crippen LogP contribution in [0.1, 0.15) is 50.2 Å². The Morgan fingerprint density at radius 2 is 1.87 bits per heavy atom. The van der Waals surface area contributed by atoms with Crippen LogP contribution in [-0.2, 0) is 4.74 Å². The number of carbonyl (C=O) groups is 2. The molecule has 122 valence electrons. The maximum Gasteiger partial charge on any atom is 0.355 e. The van der Waals surface area contributed by atoms with Crippen molar-refractivity contribution in [2.45, 2.75) is 34.6 Å². The molecule has 0 aliphatic rings. The summed E-state index contributed by atoms with van der Waals surface area (Å²) >= 11 is 0. The summed E-state index contributed by atoms with van der Waals surface area (Å²) in [7, 11) is 0. The van der Waals surface area contributed by atoms with Gasteiger partial charge in [0.2, 0.25) is 0 Å². The van der Waals surface area contributed by atoms with Gasteiger partial charge in [-0.2, -0.15) is 0 Å². The van der Waals surface area contributed by atoms with Crippen LogP contribution in [0.5, 0.6) is 0 Å². The van der Waals surface area contributed by atoms with Crippen molar-refractivity contribution >= 4 is 17.6 Å². The summed E-state index contributed by atoms with van der Waals surface area (Å²) in [6.45, 7) is 9.47. The minimum Gasteiger partial charge on any atom is -0.461 e. The Morgan fingerprint density at radius 3 is 2.52 bits per heavy atom. The molecular formula is C18H22N2O3. The zero-order valence-corrected chi connectivity index (χ0v) is 14.2. The van der Waals surface area contributed by atoms with Crippen LogP contribution in [0.4, 0.5) is 5.69 Å². The zero-order chi connectivity index (χ0) is 17.1. The summed E-state index contributed by atoms with van der Waals surface area (Å²) in [5.74, 6) is -0.681. The molecule has 1 heterocycles. The molecule has 0 unspecified atom stereocenters. The van der Waals surface area contributed by atoms with E-state index in [0.29, 0.717) is 29.1 Å². The number of aryl methyl sites for hydroxylation is 3. The standard InChI is InChI=1S/C18H22N2O3/c1-6-23-18(22)16-12(4)15(13(5)19-16)17(21)20-14-9-10(2)7-8-11(14)3/h7-9,19H,6H2,1-5H3,(H,20,21). The van der Waals surface area contributed by atoms with Gasteiger partial charge in [-0.25, -0.2) is 4.79 Å². The molecule has 2 N–H and O–H groups in total. The molecular weight excluding hydrogens is 292 g/mol. The number of aromatic amines is 1. The third-order valence-electron chi connectivity index (χ3n) is 3.79. The number of esters is 1. The average molecular weight is 314 g/mol. The first kappa shape index (κ1) is 16.8. The lowest BCUT2D eigenvalue weighted by molar-refractivity contribution is 0.0519. The van der Waals surface area contributed by atoms with Gasteiger partial charge in [0.15, 0.2) is 0 Å². The molecule has 0 spiro atoms. The Kier molecular flexibility index (Phi) is 4.89. The highest BCUT2D eigenvalue weighted by Crippen LogP contribution is 2.22. The van der Waals surface area contributed by atoms with Crippen LogP contribution in [-0.4, -0.2) is 23.5 Å². The summed E-state index contributed by atoms with van der Waals surface area (Å²) in [5.41, 5.74) is 4.88. The summed E-state index contributed by atoms with van der Waals surface area (Å²) < 4.78 is 5.01.